The van der Waals surface area contributed by atoms with Gasteiger partial charge >= 0.3 is 0 Å². The van der Waals surface area contributed by atoms with Crippen molar-refractivity contribution in [2.75, 3.05) is 18.9 Å². The summed E-state index contributed by atoms with van der Waals surface area (Å²) in [4.78, 5) is 1.35. The Morgan fingerprint density at radius 2 is 2.04 bits per heavy atom. The quantitative estimate of drug-likeness (QED) is 0.709. The fourth-order valence-electron chi connectivity index (χ4n) is 3.09. The van der Waals surface area contributed by atoms with Gasteiger partial charge < -0.3 is 14.9 Å². The van der Waals surface area contributed by atoms with Crippen molar-refractivity contribution in [3.63, 3.8) is 0 Å². The summed E-state index contributed by atoms with van der Waals surface area (Å²) in [6, 6.07) is 3.40. The number of ether oxygens (including phenoxy) is 1. The zero-order valence-corrected chi connectivity index (χ0v) is 18.3. The summed E-state index contributed by atoms with van der Waals surface area (Å²) in [5.41, 5.74) is 7.24. The molecule has 28 heavy (non-hydrogen) atoms. The van der Waals surface area contributed by atoms with Crippen LogP contribution < -0.4 is 10.5 Å². The van der Waals surface area contributed by atoms with Crippen molar-refractivity contribution in [2.24, 2.45) is 5.92 Å². The molecule has 3 rings (SSSR count). The molecule has 1 heterocycles. The molecule has 0 aliphatic heterocycles. The zero-order chi connectivity index (χ0) is 20.5. The van der Waals surface area contributed by atoms with Gasteiger partial charge in [-0.25, -0.2) is 4.39 Å². The largest absolute Gasteiger partial charge is 0.491 e. The SMILES string of the molecule is CC(C)(C)[Si](C)(C)OCC1Cc2cc(OCCn3nnc(N)n3)cc(F)c2C1. The van der Waals surface area contributed by atoms with E-state index in [9.17, 15) is 4.39 Å². The van der Waals surface area contributed by atoms with Crippen molar-refractivity contribution in [1.82, 2.24) is 20.2 Å². The van der Waals surface area contributed by atoms with Gasteiger partial charge in [0.1, 0.15) is 18.2 Å². The van der Waals surface area contributed by atoms with Gasteiger partial charge in [-0.1, -0.05) is 25.9 Å². The number of halogens is 1. The molecule has 0 bridgehead atoms. The lowest BCUT2D eigenvalue weighted by atomic mass is 10.1. The number of hydrogen-bond acceptors (Lipinski definition) is 6. The highest BCUT2D eigenvalue weighted by atomic mass is 28.4. The molecule has 0 fully saturated rings. The first-order valence-electron chi connectivity index (χ1n) is 9.66. The number of hydrogen-bond donors (Lipinski definition) is 1. The maximum Gasteiger partial charge on any atom is 0.260 e. The van der Waals surface area contributed by atoms with E-state index < -0.39 is 8.32 Å². The Morgan fingerprint density at radius 3 is 2.68 bits per heavy atom. The Hall–Kier alpha value is -2.00. The number of tetrazole rings is 1. The fourth-order valence-corrected chi connectivity index (χ4v) is 4.17. The summed E-state index contributed by atoms with van der Waals surface area (Å²) >= 11 is 0. The lowest BCUT2D eigenvalue weighted by Crippen LogP contribution is -2.42. The number of nitrogens with two attached hydrogens (primary N) is 1. The Labute approximate surface area is 166 Å². The number of rotatable bonds is 7. The Balaban J connectivity index is 1.57. The molecular formula is C19H30FN5O2Si. The van der Waals surface area contributed by atoms with Gasteiger partial charge in [0.25, 0.3) is 5.95 Å². The van der Waals surface area contributed by atoms with Crippen molar-refractivity contribution in [2.45, 2.75) is 58.3 Å². The molecule has 1 atom stereocenters. The lowest BCUT2D eigenvalue weighted by Gasteiger charge is -2.37. The molecule has 1 aromatic carbocycles. The van der Waals surface area contributed by atoms with Crippen molar-refractivity contribution in [3.8, 4) is 5.75 Å². The molecule has 1 aromatic heterocycles. The molecule has 7 nitrogen and oxygen atoms in total. The number of fused-ring (bicyclic) bond motifs is 1. The van der Waals surface area contributed by atoms with Crippen LogP contribution in [0.25, 0.3) is 0 Å². The predicted octanol–water partition coefficient (Wildman–Crippen LogP) is 3.21. The molecule has 0 spiro atoms. The third-order valence-electron chi connectivity index (χ3n) is 5.78. The van der Waals surface area contributed by atoms with E-state index in [1.165, 1.54) is 10.9 Å². The zero-order valence-electron chi connectivity index (χ0n) is 17.3. The number of aromatic nitrogens is 4. The molecule has 1 unspecified atom stereocenters. The Bertz CT molecular complexity index is 834. The van der Waals surface area contributed by atoms with Gasteiger partial charge in [0, 0.05) is 12.7 Å². The number of nitrogens with zero attached hydrogens (tertiary/aromatic N) is 4. The minimum absolute atomic E-state index is 0.120. The molecule has 9 heteroatoms. The molecule has 0 saturated carbocycles. The Morgan fingerprint density at radius 1 is 1.29 bits per heavy atom. The van der Waals surface area contributed by atoms with Gasteiger partial charge in [0.05, 0.1) is 6.54 Å². The van der Waals surface area contributed by atoms with E-state index in [0.29, 0.717) is 31.4 Å². The van der Waals surface area contributed by atoms with Gasteiger partial charge in [-0.3, -0.25) is 0 Å². The van der Waals surface area contributed by atoms with E-state index >= 15 is 0 Å². The molecule has 1 aliphatic carbocycles. The normalized spacial score (nSPS) is 17.0. The van der Waals surface area contributed by atoms with Crippen LogP contribution in [0.5, 0.6) is 5.75 Å². The summed E-state index contributed by atoms with van der Waals surface area (Å²) in [5.74, 6) is 0.756. The lowest BCUT2D eigenvalue weighted by molar-refractivity contribution is 0.232. The summed E-state index contributed by atoms with van der Waals surface area (Å²) in [6.45, 7) is 12.6. The molecule has 0 amide bonds. The number of nitrogen functional groups attached to an aromatic ring is 1. The van der Waals surface area contributed by atoms with E-state index in [1.807, 2.05) is 6.07 Å². The summed E-state index contributed by atoms with van der Waals surface area (Å²) in [7, 11) is -1.80. The molecule has 2 N–H and O–H groups in total. The van der Waals surface area contributed by atoms with Crippen LogP contribution in [0.2, 0.25) is 18.1 Å². The summed E-state index contributed by atoms with van der Waals surface area (Å²) < 4.78 is 26.6. The number of benzene rings is 1. The highest BCUT2D eigenvalue weighted by Gasteiger charge is 2.38. The highest BCUT2D eigenvalue weighted by Crippen LogP contribution is 2.38. The molecule has 0 saturated heterocycles. The monoisotopic (exact) mass is 407 g/mol. The molecular weight excluding hydrogens is 377 g/mol. The molecule has 0 radical (unpaired) electrons. The van der Waals surface area contributed by atoms with Crippen LogP contribution >= 0.6 is 0 Å². The standard InChI is InChI=1S/C19H30FN5O2Si/c1-19(2,3)28(4,5)27-12-13-8-14-10-15(11-17(20)16(14)9-13)26-7-6-25-23-18(21)22-24-25/h10-11,13H,6-9,12H2,1-5H3,(H2,21,23). The van der Waals surface area contributed by atoms with E-state index in [2.05, 4.69) is 49.3 Å². The van der Waals surface area contributed by atoms with Crippen LogP contribution in [0.1, 0.15) is 31.9 Å². The van der Waals surface area contributed by atoms with Crippen LogP contribution in [-0.2, 0) is 23.8 Å². The smallest absolute Gasteiger partial charge is 0.260 e. The van der Waals surface area contributed by atoms with Crippen molar-refractivity contribution in [1.29, 1.82) is 0 Å². The molecule has 154 valence electrons. The number of anilines is 1. The molecule has 2 aromatic rings. The van der Waals surface area contributed by atoms with Crippen molar-refractivity contribution >= 4 is 14.3 Å². The van der Waals surface area contributed by atoms with E-state index in [1.54, 1.807) is 0 Å². The van der Waals surface area contributed by atoms with Crippen LogP contribution in [0, 0.1) is 11.7 Å². The van der Waals surface area contributed by atoms with Crippen molar-refractivity contribution < 1.29 is 13.6 Å². The molecule has 1 aliphatic rings. The summed E-state index contributed by atoms with van der Waals surface area (Å²) in [6.07, 6.45) is 1.54. The third kappa shape index (κ3) is 4.69. The van der Waals surface area contributed by atoms with Crippen LogP contribution in [-0.4, -0.2) is 41.7 Å². The van der Waals surface area contributed by atoms with Crippen LogP contribution in [0.4, 0.5) is 10.3 Å². The average molecular weight is 408 g/mol. The highest BCUT2D eigenvalue weighted by molar-refractivity contribution is 6.74. The Kier molecular flexibility index (Phi) is 5.76. The second-order valence-corrected chi connectivity index (χ2v) is 13.8. The summed E-state index contributed by atoms with van der Waals surface area (Å²) in [5, 5.41) is 11.4. The minimum atomic E-state index is -1.80. The van der Waals surface area contributed by atoms with Crippen molar-refractivity contribution in [3.05, 3.63) is 29.1 Å². The van der Waals surface area contributed by atoms with Crippen LogP contribution in [0.15, 0.2) is 12.1 Å². The first-order valence-corrected chi connectivity index (χ1v) is 12.6. The predicted molar refractivity (Wildman–Crippen MR) is 108 cm³/mol. The first-order chi connectivity index (χ1) is 13.0. The van der Waals surface area contributed by atoms with Gasteiger partial charge in [-0.15, -0.1) is 5.10 Å². The minimum Gasteiger partial charge on any atom is -0.491 e. The van der Waals surface area contributed by atoms with Crippen LogP contribution in [0.3, 0.4) is 0 Å². The van der Waals surface area contributed by atoms with E-state index in [-0.39, 0.29) is 16.8 Å². The average Bonchev–Trinajstić information content (AvgIpc) is 3.18. The fraction of sp³-hybridized carbons (Fsp3) is 0.632. The van der Waals surface area contributed by atoms with Gasteiger partial charge in [0.2, 0.25) is 0 Å². The van der Waals surface area contributed by atoms with Gasteiger partial charge in [0.15, 0.2) is 8.32 Å². The maximum atomic E-state index is 14.6. The topological polar surface area (TPSA) is 88.1 Å². The van der Waals surface area contributed by atoms with E-state index in [4.69, 9.17) is 14.9 Å². The first kappa shape index (κ1) is 20.7. The third-order valence-corrected chi connectivity index (χ3v) is 10.3. The van der Waals surface area contributed by atoms with E-state index in [0.717, 1.165) is 24.0 Å². The van der Waals surface area contributed by atoms with Gasteiger partial charge in [-0.2, -0.15) is 4.80 Å². The maximum absolute atomic E-state index is 14.6. The second kappa shape index (κ2) is 7.79. The van der Waals surface area contributed by atoms with Gasteiger partial charge in [-0.05, 0) is 59.3 Å². The second-order valence-electron chi connectivity index (χ2n) is 8.98.